The maximum Gasteiger partial charge on any atom is 0.139 e. The first kappa shape index (κ1) is 29.0. The minimum absolute atomic E-state index is 0.0382. The van der Waals surface area contributed by atoms with E-state index < -0.39 is 15.8 Å². The lowest BCUT2D eigenvalue weighted by Crippen LogP contribution is -2.33. The van der Waals surface area contributed by atoms with E-state index in [2.05, 4.69) is 154 Å². The average Bonchev–Trinajstić information content (AvgIpc) is 2.91. The summed E-state index contributed by atoms with van der Waals surface area (Å²) in [7, 11) is -1.19. The fourth-order valence-corrected chi connectivity index (χ4v) is 8.96. The number of benzene rings is 4. The number of ether oxygens (including phenoxy) is 1. The van der Waals surface area contributed by atoms with Crippen LogP contribution in [0.5, 0.6) is 11.5 Å². The first-order valence-electron chi connectivity index (χ1n) is 14.3. The van der Waals surface area contributed by atoms with Crippen LogP contribution < -0.4 is 26.0 Å². The number of hydrogen-bond donors (Lipinski definition) is 0. The molecule has 0 saturated heterocycles. The van der Waals surface area contributed by atoms with Crippen molar-refractivity contribution in [3.05, 3.63) is 107 Å². The van der Waals surface area contributed by atoms with Crippen LogP contribution in [0.1, 0.15) is 77.6 Å². The van der Waals surface area contributed by atoms with Crippen molar-refractivity contribution in [3.63, 3.8) is 0 Å². The molecular weight excluding hydrogens is 522 g/mol. The lowest BCUT2D eigenvalue weighted by Gasteiger charge is -2.40. The molecule has 0 N–H and O–H groups in total. The van der Waals surface area contributed by atoms with Crippen LogP contribution in [0.25, 0.3) is 0 Å². The average molecular weight is 567 g/mol. The van der Waals surface area contributed by atoms with Gasteiger partial charge in [0.05, 0.1) is 0 Å². The second-order valence-corrected chi connectivity index (χ2v) is 18.0. The highest BCUT2D eigenvalue weighted by molar-refractivity contribution is 7.72. The van der Waals surface area contributed by atoms with Gasteiger partial charge in [0.2, 0.25) is 0 Å². The Kier molecular flexibility index (Phi) is 7.57. The number of rotatable bonds is 4. The van der Waals surface area contributed by atoms with E-state index in [9.17, 15) is 0 Å². The monoisotopic (exact) mass is 566 g/mol. The molecule has 5 rings (SSSR count). The summed E-state index contributed by atoms with van der Waals surface area (Å²) >= 11 is 0. The van der Waals surface area contributed by atoms with Crippen LogP contribution in [0.3, 0.4) is 0 Å². The van der Waals surface area contributed by atoms with Crippen molar-refractivity contribution in [2.24, 2.45) is 0 Å². The summed E-state index contributed by atoms with van der Waals surface area (Å²) in [4.78, 5) is 0. The van der Waals surface area contributed by atoms with Crippen molar-refractivity contribution in [2.75, 3.05) is 13.3 Å². The Hall–Kier alpha value is -2.46. The Bertz CT molecular complexity index is 1410. The van der Waals surface area contributed by atoms with Crippen LogP contribution in [-0.2, 0) is 16.2 Å². The summed E-state index contributed by atoms with van der Waals surface area (Å²) in [6, 6.07) is 31.7. The Morgan fingerprint density at radius 2 is 0.900 bits per heavy atom. The topological polar surface area (TPSA) is 9.23 Å². The van der Waals surface area contributed by atoms with E-state index in [1.807, 2.05) is 0 Å². The van der Waals surface area contributed by atoms with Crippen molar-refractivity contribution in [1.82, 2.24) is 0 Å². The van der Waals surface area contributed by atoms with Gasteiger partial charge in [-0.15, -0.1) is 0 Å². The van der Waals surface area contributed by atoms with Gasteiger partial charge in [0.1, 0.15) is 11.5 Å². The maximum atomic E-state index is 7.23. The molecule has 2 atom stereocenters. The first-order valence-corrected chi connectivity index (χ1v) is 17.9. The molecule has 0 bridgehead atoms. The largest absolute Gasteiger partial charge is 0.455 e. The number of hydrogen-bond acceptors (Lipinski definition) is 1. The molecule has 0 fully saturated rings. The van der Waals surface area contributed by atoms with E-state index in [4.69, 9.17) is 4.74 Å². The van der Waals surface area contributed by atoms with Crippen LogP contribution in [0, 0.1) is 0 Å². The third-order valence-corrected chi connectivity index (χ3v) is 12.7. The van der Waals surface area contributed by atoms with Gasteiger partial charge in [0.15, 0.2) is 0 Å². The summed E-state index contributed by atoms with van der Waals surface area (Å²) in [5, 5.41) is 5.44. The molecule has 4 aromatic carbocycles. The van der Waals surface area contributed by atoms with Gasteiger partial charge >= 0.3 is 0 Å². The minimum atomic E-state index is -0.593. The van der Waals surface area contributed by atoms with E-state index in [0.717, 1.165) is 11.5 Å². The van der Waals surface area contributed by atoms with Gasteiger partial charge in [-0.2, -0.15) is 0 Å². The quantitative estimate of drug-likeness (QED) is 0.224. The molecule has 0 amide bonds. The molecule has 0 aliphatic carbocycles. The van der Waals surface area contributed by atoms with Gasteiger partial charge < -0.3 is 4.74 Å². The first-order chi connectivity index (χ1) is 18.7. The predicted molar refractivity (Wildman–Crippen MR) is 180 cm³/mol. The molecule has 0 radical (unpaired) electrons. The lowest BCUT2D eigenvalue weighted by atomic mass is 9.72. The maximum absolute atomic E-state index is 7.23. The zero-order valence-corrected chi connectivity index (χ0v) is 27.7. The molecule has 1 aliphatic rings. The van der Waals surface area contributed by atoms with Crippen LogP contribution in [0.15, 0.2) is 84.9 Å². The molecule has 1 aliphatic heterocycles. The van der Waals surface area contributed by atoms with Crippen molar-refractivity contribution in [3.8, 4) is 11.5 Å². The van der Waals surface area contributed by atoms with Crippen LogP contribution in [-0.4, -0.2) is 13.3 Å². The van der Waals surface area contributed by atoms with E-state index in [1.165, 1.54) is 43.5 Å². The minimum Gasteiger partial charge on any atom is -0.455 e. The van der Waals surface area contributed by atoms with Gasteiger partial charge in [-0.3, -0.25) is 0 Å². The number of fused-ring (bicyclic) bond motifs is 2. The normalized spacial score (nSPS) is 15.9. The fourth-order valence-electron chi connectivity index (χ4n) is 5.56. The Morgan fingerprint density at radius 1 is 0.550 bits per heavy atom. The SMILES string of the molecule is C[P@](c1ccccc1)c1cc(C(C)(C)C)cc2c1Oc1c([P@](C)c3ccccc3)cc(C(C)(C)C)cc1C2(C)C. The molecule has 0 unspecified atom stereocenters. The molecule has 40 heavy (non-hydrogen) atoms. The second kappa shape index (κ2) is 10.4. The fraction of sp³-hybridized carbons (Fsp3) is 0.351. The van der Waals surface area contributed by atoms with Gasteiger partial charge in [-0.1, -0.05) is 128 Å². The molecule has 208 valence electrons. The van der Waals surface area contributed by atoms with Gasteiger partial charge in [-0.05, 0) is 73.9 Å². The van der Waals surface area contributed by atoms with Crippen LogP contribution >= 0.6 is 15.8 Å². The Labute approximate surface area is 244 Å². The molecule has 4 aromatic rings. The highest BCUT2D eigenvalue weighted by Crippen LogP contribution is 2.53. The lowest BCUT2D eigenvalue weighted by molar-refractivity contribution is 0.421. The summed E-state index contributed by atoms with van der Waals surface area (Å²) in [5.41, 5.74) is 5.25. The van der Waals surface area contributed by atoms with Crippen molar-refractivity contribution < 1.29 is 4.74 Å². The zero-order valence-electron chi connectivity index (χ0n) is 25.9. The third-order valence-electron chi connectivity index (χ3n) is 8.43. The summed E-state index contributed by atoms with van der Waals surface area (Å²) in [5.74, 6) is 2.15. The van der Waals surface area contributed by atoms with E-state index in [0.29, 0.717) is 0 Å². The second-order valence-electron chi connectivity index (χ2n) is 13.8. The predicted octanol–water partition coefficient (Wildman–Crippen LogP) is 8.84. The highest BCUT2D eigenvalue weighted by atomic mass is 31.1. The summed E-state index contributed by atoms with van der Waals surface area (Å²) in [6.07, 6.45) is 0. The van der Waals surface area contributed by atoms with Crippen molar-refractivity contribution >= 4 is 37.1 Å². The highest BCUT2D eigenvalue weighted by Gasteiger charge is 2.40. The van der Waals surface area contributed by atoms with Gasteiger partial charge in [-0.25, -0.2) is 0 Å². The Balaban J connectivity index is 1.80. The molecule has 3 heteroatoms. The standard InChI is InChI=1S/C37H44OP2/c1-35(2,3)25-21-29-33(31(23-25)39(9)27-17-13-11-14-18-27)38-34-30(37(29,7)8)22-26(36(4,5)6)24-32(34)40(10)28-19-15-12-16-20-28/h11-24H,1-10H3/t39-,40-/m1/s1. The summed E-state index contributed by atoms with van der Waals surface area (Å²) in [6.45, 7) is 23.5. The molecule has 0 spiro atoms. The molecule has 0 aromatic heterocycles. The third kappa shape index (κ3) is 5.29. The summed E-state index contributed by atoms with van der Waals surface area (Å²) < 4.78 is 7.23. The molecule has 1 nitrogen and oxygen atoms in total. The van der Waals surface area contributed by atoms with Gasteiger partial charge in [0, 0.05) is 27.2 Å². The smallest absolute Gasteiger partial charge is 0.139 e. The van der Waals surface area contributed by atoms with E-state index in [-0.39, 0.29) is 16.2 Å². The van der Waals surface area contributed by atoms with Crippen molar-refractivity contribution in [1.29, 1.82) is 0 Å². The zero-order chi connectivity index (χ0) is 29.0. The van der Waals surface area contributed by atoms with Gasteiger partial charge in [0.25, 0.3) is 0 Å². The van der Waals surface area contributed by atoms with Crippen LogP contribution in [0.4, 0.5) is 0 Å². The molecular formula is C37H44OP2. The molecule has 1 heterocycles. The van der Waals surface area contributed by atoms with Crippen LogP contribution in [0.2, 0.25) is 0 Å². The Morgan fingerprint density at radius 3 is 1.23 bits per heavy atom. The molecule has 0 saturated carbocycles. The van der Waals surface area contributed by atoms with Crippen molar-refractivity contribution in [2.45, 2.75) is 71.6 Å². The van der Waals surface area contributed by atoms with E-state index in [1.54, 1.807) is 0 Å². The van der Waals surface area contributed by atoms with E-state index >= 15 is 0 Å².